The molecule has 0 amide bonds. The highest BCUT2D eigenvalue weighted by Crippen LogP contribution is 2.24. The third-order valence-electron chi connectivity index (χ3n) is 4.85. The van der Waals surface area contributed by atoms with Crippen LogP contribution in [0.15, 0.2) is 36.4 Å². The normalized spacial score (nSPS) is 15.7. The van der Waals surface area contributed by atoms with Crippen LogP contribution in [0.3, 0.4) is 0 Å². The lowest BCUT2D eigenvalue weighted by molar-refractivity contribution is 0.425. The lowest BCUT2D eigenvalue weighted by Crippen LogP contribution is -2.22. The molecule has 5 nitrogen and oxygen atoms in total. The van der Waals surface area contributed by atoms with Gasteiger partial charge >= 0.3 is 0 Å². The van der Waals surface area contributed by atoms with E-state index in [1.807, 2.05) is 6.07 Å². The standard InChI is InChI=1S/C21H31N5/c1-26(2)15-14-22-21-24-19(17-10-6-5-7-11-17)16-20(25-21)23-18-12-8-3-4-9-13-18/h5-7,10-11,16,18H,3-4,8-9,12-15H2,1-2H3,(H2,22,23,24,25). The summed E-state index contributed by atoms with van der Waals surface area (Å²) in [6.45, 7) is 1.78. The van der Waals surface area contributed by atoms with Crippen molar-refractivity contribution in [2.45, 2.75) is 44.6 Å². The summed E-state index contributed by atoms with van der Waals surface area (Å²) in [4.78, 5) is 11.6. The first-order chi connectivity index (χ1) is 12.7. The molecular formula is C21H31N5. The summed E-state index contributed by atoms with van der Waals surface area (Å²) in [6, 6.07) is 12.9. The van der Waals surface area contributed by atoms with Crippen LogP contribution in [0.4, 0.5) is 11.8 Å². The molecule has 0 unspecified atom stereocenters. The van der Waals surface area contributed by atoms with E-state index in [9.17, 15) is 0 Å². The van der Waals surface area contributed by atoms with Crippen molar-refractivity contribution < 1.29 is 0 Å². The van der Waals surface area contributed by atoms with E-state index in [0.29, 0.717) is 12.0 Å². The third-order valence-corrected chi connectivity index (χ3v) is 4.85. The van der Waals surface area contributed by atoms with Crippen molar-refractivity contribution in [3.8, 4) is 11.3 Å². The summed E-state index contributed by atoms with van der Waals surface area (Å²) in [6.07, 6.45) is 7.79. The van der Waals surface area contributed by atoms with Crippen LogP contribution in [-0.4, -0.2) is 48.1 Å². The molecule has 140 valence electrons. The number of aromatic nitrogens is 2. The van der Waals surface area contributed by atoms with Crippen molar-refractivity contribution in [1.29, 1.82) is 0 Å². The number of anilines is 2. The van der Waals surface area contributed by atoms with Gasteiger partial charge in [0.1, 0.15) is 5.82 Å². The molecule has 1 aromatic heterocycles. The summed E-state index contributed by atoms with van der Waals surface area (Å²) in [5.41, 5.74) is 2.08. The highest BCUT2D eigenvalue weighted by molar-refractivity contribution is 5.64. The second-order valence-corrected chi connectivity index (χ2v) is 7.39. The van der Waals surface area contributed by atoms with E-state index in [0.717, 1.165) is 30.2 Å². The predicted molar refractivity (Wildman–Crippen MR) is 110 cm³/mol. The highest BCUT2D eigenvalue weighted by Gasteiger charge is 2.14. The number of nitrogens with one attached hydrogen (secondary N) is 2. The Morgan fingerprint density at radius 1 is 1.00 bits per heavy atom. The van der Waals surface area contributed by atoms with Crippen LogP contribution in [0, 0.1) is 0 Å². The second kappa shape index (κ2) is 9.53. The molecule has 5 heteroatoms. The van der Waals surface area contributed by atoms with Crippen molar-refractivity contribution in [2.75, 3.05) is 37.8 Å². The first-order valence-corrected chi connectivity index (χ1v) is 9.80. The van der Waals surface area contributed by atoms with E-state index in [4.69, 9.17) is 9.97 Å². The van der Waals surface area contributed by atoms with Crippen molar-refractivity contribution in [3.05, 3.63) is 36.4 Å². The number of hydrogen-bond donors (Lipinski definition) is 2. The topological polar surface area (TPSA) is 53.1 Å². The summed E-state index contributed by atoms with van der Waals surface area (Å²) in [5, 5.41) is 7.04. The van der Waals surface area contributed by atoms with Gasteiger partial charge in [0.15, 0.2) is 0 Å². The van der Waals surface area contributed by atoms with E-state index >= 15 is 0 Å². The smallest absolute Gasteiger partial charge is 0.225 e. The molecule has 2 aromatic rings. The van der Waals surface area contributed by atoms with Crippen LogP contribution in [0.5, 0.6) is 0 Å². The highest BCUT2D eigenvalue weighted by atomic mass is 15.2. The molecule has 0 atom stereocenters. The molecule has 1 aliphatic rings. The Morgan fingerprint density at radius 3 is 2.42 bits per heavy atom. The number of nitrogens with zero attached hydrogens (tertiary/aromatic N) is 3. The Kier molecular flexibility index (Phi) is 6.83. The second-order valence-electron chi connectivity index (χ2n) is 7.39. The van der Waals surface area contributed by atoms with Crippen LogP contribution >= 0.6 is 0 Å². The summed E-state index contributed by atoms with van der Waals surface area (Å²) < 4.78 is 0. The number of benzene rings is 1. The molecule has 2 N–H and O–H groups in total. The Hall–Kier alpha value is -2.14. The van der Waals surface area contributed by atoms with Gasteiger partial charge in [0.05, 0.1) is 5.69 Å². The van der Waals surface area contributed by atoms with Gasteiger partial charge in [0.2, 0.25) is 5.95 Å². The fourth-order valence-corrected chi connectivity index (χ4v) is 3.38. The predicted octanol–water partition coefficient (Wildman–Crippen LogP) is 4.25. The van der Waals surface area contributed by atoms with Crippen LogP contribution in [-0.2, 0) is 0 Å². The molecule has 0 radical (unpaired) electrons. The van der Waals surface area contributed by atoms with Gasteiger partial charge in [-0.05, 0) is 26.9 Å². The van der Waals surface area contributed by atoms with Gasteiger partial charge in [-0.25, -0.2) is 4.98 Å². The van der Waals surface area contributed by atoms with Crippen LogP contribution < -0.4 is 10.6 Å². The largest absolute Gasteiger partial charge is 0.367 e. The van der Waals surface area contributed by atoms with Crippen LogP contribution in [0.2, 0.25) is 0 Å². The van der Waals surface area contributed by atoms with Crippen LogP contribution in [0.25, 0.3) is 11.3 Å². The molecule has 1 aliphatic carbocycles. The minimum atomic E-state index is 0.519. The summed E-state index contributed by atoms with van der Waals surface area (Å²) >= 11 is 0. The van der Waals surface area contributed by atoms with Crippen molar-refractivity contribution in [2.24, 2.45) is 0 Å². The zero-order valence-electron chi connectivity index (χ0n) is 16.0. The molecule has 0 saturated heterocycles. The third kappa shape index (κ3) is 5.70. The minimum Gasteiger partial charge on any atom is -0.367 e. The Balaban J connectivity index is 1.79. The Bertz CT molecular complexity index is 663. The molecule has 1 aromatic carbocycles. The zero-order chi connectivity index (χ0) is 18.2. The Morgan fingerprint density at radius 2 is 1.73 bits per heavy atom. The molecule has 1 fully saturated rings. The average Bonchev–Trinajstić information content (AvgIpc) is 2.91. The molecule has 26 heavy (non-hydrogen) atoms. The molecule has 0 spiro atoms. The lowest BCUT2D eigenvalue weighted by Gasteiger charge is -2.18. The van der Waals surface area contributed by atoms with Gasteiger partial charge < -0.3 is 15.5 Å². The maximum Gasteiger partial charge on any atom is 0.225 e. The molecule has 1 heterocycles. The fourth-order valence-electron chi connectivity index (χ4n) is 3.38. The molecule has 3 rings (SSSR count). The van der Waals surface area contributed by atoms with Gasteiger partial charge in [-0.1, -0.05) is 56.0 Å². The van der Waals surface area contributed by atoms with Crippen LogP contribution in [0.1, 0.15) is 38.5 Å². The lowest BCUT2D eigenvalue weighted by atomic mass is 10.1. The quantitative estimate of drug-likeness (QED) is 0.729. The number of rotatable bonds is 7. The maximum atomic E-state index is 4.73. The SMILES string of the molecule is CN(C)CCNc1nc(NC2CCCCCC2)cc(-c2ccccc2)n1. The van der Waals surface area contributed by atoms with E-state index in [2.05, 4.69) is 60.0 Å². The number of hydrogen-bond acceptors (Lipinski definition) is 5. The summed E-state index contributed by atoms with van der Waals surface area (Å²) in [5.74, 6) is 1.63. The van der Waals surface area contributed by atoms with E-state index in [1.165, 1.54) is 38.5 Å². The molecule has 1 saturated carbocycles. The Labute approximate surface area is 157 Å². The van der Waals surface area contributed by atoms with Crippen molar-refractivity contribution >= 4 is 11.8 Å². The van der Waals surface area contributed by atoms with Gasteiger partial charge in [-0.3, -0.25) is 0 Å². The fraction of sp³-hybridized carbons (Fsp3) is 0.524. The summed E-state index contributed by atoms with van der Waals surface area (Å²) in [7, 11) is 4.14. The first kappa shape index (κ1) is 18.6. The van der Waals surface area contributed by atoms with E-state index in [1.54, 1.807) is 0 Å². The average molecular weight is 354 g/mol. The molecule has 0 bridgehead atoms. The zero-order valence-corrected chi connectivity index (χ0v) is 16.0. The molecule has 0 aliphatic heterocycles. The number of likely N-dealkylation sites (N-methyl/N-ethyl adjacent to an activating group) is 1. The van der Waals surface area contributed by atoms with Crippen molar-refractivity contribution in [3.63, 3.8) is 0 Å². The first-order valence-electron chi connectivity index (χ1n) is 9.80. The minimum absolute atomic E-state index is 0.519. The molecular weight excluding hydrogens is 322 g/mol. The van der Waals surface area contributed by atoms with Gasteiger partial charge in [0, 0.05) is 30.8 Å². The monoisotopic (exact) mass is 353 g/mol. The van der Waals surface area contributed by atoms with Gasteiger partial charge in [-0.2, -0.15) is 4.98 Å². The van der Waals surface area contributed by atoms with Crippen molar-refractivity contribution in [1.82, 2.24) is 14.9 Å². The van der Waals surface area contributed by atoms with Gasteiger partial charge in [-0.15, -0.1) is 0 Å². The van der Waals surface area contributed by atoms with E-state index < -0.39 is 0 Å². The van der Waals surface area contributed by atoms with Gasteiger partial charge in [0.25, 0.3) is 0 Å². The van der Waals surface area contributed by atoms with E-state index in [-0.39, 0.29) is 0 Å². The maximum absolute atomic E-state index is 4.73.